The van der Waals surface area contributed by atoms with Gasteiger partial charge in [0.05, 0.1) is 12.2 Å². The highest BCUT2D eigenvalue weighted by molar-refractivity contribution is 7.58. The van der Waals surface area contributed by atoms with Crippen LogP contribution in [0.1, 0.15) is 33.3 Å². The van der Waals surface area contributed by atoms with E-state index in [1.165, 1.54) is 6.08 Å². The van der Waals surface area contributed by atoms with Gasteiger partial charge in [-0.1, -0.05) is 30.3 Å². The Morgan fingerprint density at radius 2 is 1.58 bits per heavy atom. The Labute approximate surface area is 114 Å². The number of hydrogen-bond acceptors (Lipinski definition) is 4. The van der Waals surface area contributed by atoms with Crippen LogP contribution in [0.2, 0.25) is 0 Å². The van der Waals surface area contributed by atoms with Crippen LogP contribution in [0.3, 0.4) is 0 Å². The zero-order chi connectivity index (χ0) is 14.5. The van der Waals surface area contributed by atoms with Crippen LogP contribution < -0.4 is 0 Å². The molecule has 1 N–H and O–H groups in total. The molecule has 0 saturated heterocycles. The molecule has 0 aromatic heterocycles. The van der Waals surface area contributed by atoms with E-state index in [1.807, 2.05) is 18.2 Å². The third kappa shape index (κ3) is 5.19. The predicted molar refractivity (Wildman–Crippen MR) is 77.1 cm³/mol. The maximum Gasteiger partial charge on any atom is 0.395 e. The molecule has 0 atom stereocenters. The fraction of sp³-hybridized carbons (Fsp3) is 0.429. The van der Waals surface area contributed by atoms with Gasteiger partial charge in [0.15, 0.2) is 0 Å². The Bertz CT molecular complexity index is 452. The van der Waals surface area contributed by atoms with Gasteiger partial charge in [-0.2, -0.15) is 0 Å². The van der Waals surface area contributed by atoms with Crippen molar-refractivity contribution in [2.45, 2.75) is 39.9 Å². The monoisotopic (exact) mass is 284 g/mol. The van der Waals surface area contributed by atoms with Crippen molar-refractivity contribution in [2.75, 3.05) is 0 Å². The summed E-state index contributed by atoms with van der Waals surface area (Å²) in [6.45, 7) is 6.97. The molecule has 0 spiro atoms. The van der Waals surface area contributed by atoms with Gasteiger partial charge in [0.25, 0.3) is 0 Å². The average molecular weight is 284 g/mol. The minimum Gasteiger partial charge on any atom is -0.501 e. The second kappa shape index (κ2) is 6.90. The van der Waals surface area contributed by atoms with Crippen molar-refractivity contribution in [3.8, 4) is 0 Å². The molecule has 0 aliphatic heterocycles. The fourth-order valence-electron chi connectivity index (χ4n) is 1.47. The van der Waals surface area contributed by atoms with Gasteiger partial charge in [-0.05, 0) is 39.3 Å². The molecule has 0 amide bonds. The Hall–Kier alpha value is -1.09. The van der Waals surface area contributed by atoms with Crippen LogP contribution in [0.25, 0.3) is 6.08 Å². The summed E-state index contributed by atoms with van der Waals surface area (Å²) in [6, 6.07) is 9.12. The molecule has 0 aliphatic rings. The van der Waals surface area contributed by atoms with Crippen molar-refractivity contribution in [3.63, 3.8) is 0 Å². The van der Waals surface area contributed by atoms with Crippen LogP contribution in [-0.4, -0.2) is 17.3 Å². The number of aliphatic hydroxyl groups is 1. The van der Waals surface area contributed by atoms with Gasteiger partial charge >= 0.3 is 7.60 Å². The molecule has 5 heteroatoms. The third-order valence-electron chi connectivity index (χ3n) is 2.08. The maximum absolute atomic E-state index is 12.6. The summed E-state index contributed by atoms with van der Waals surface area (Å²) >= 11 is 0. The number of hydrogen-bond donors (Lipinski definition) is 1. The SMILES string of the molecule is CC(C)OP(=O)(OC(C)C)/C(O)=C/c1ccccc1. The molecule has 106 valence electrons. The van der Waals surface area contributed by atoms with Crippen LogP contribution in [0.4, 0.5) is 0 Å². The van der Waals surface area contributed by atoms with Gasteiger partial charge in [0.1, 0.15) is 0 Å². The van der Waals surface area contributed by atoms with Gasteiger partial charge in [-0.3, -0.25) is 4.57 Å². The molecule has 19 heavy (non-hydrogen) atoms. The van der Waals surface area contributed by atoms with Crippen molar-refractivity contribution in [1.82, 2.24) is 0 Å². The van der Waals surface area contributed by atoms with Crippen molar-refractivity contribution in [2.24, 2.45) is 0 Å². The van der Waals surface area contributed by atoms with Crippen molar-refractivity contribution < 1.29 is 18.7 Å². The molecule has 1 rings (SSSR count). The molecule has 0 saturated carbocycles. The van der Waals surface area contributed by atoms with Crippen LogP contribution in [0.5, 0.6) is 0 Å². The van der Waals surface area contributed by atoms with Crippen LogP contribution in [0, 0.1) is 0 Å². The summed E-state index contributed by atoms with van der Waals surface area (Å²) in [4.78, 5) is 0. The molecule has 1 aromatic rings. The lowest BCUT2D eigenvalue weighted by Crippen LogP contribution is -2.09. The second-order valence-electron chi connectivity index (χ2n) is 4.72. The van der Waals surface area contributed by atoms with E-state index in [4.69, 9.17) is 9.05 Å². The summed E-state index contributed by atoms with van der Waals surface area (Å²) in [5, 5.41) is 10.1. The number of benzene rings is 1. The molecule has 0 unspecified atom stereocenters. The Balaban J connectivity index is 3.04. The largest absolute Gasteiger partial charge is 0.501 e. The van der Waals surface area contributed by atoms with E-state index in [0.717, 1.165) is 5.56 Å². The normalized spacial score (nSPS) is 13.3. The molecular formula is C14H21O4P. The van der Waals surface area contributed by atoms with Crippen LogP contribution >= 0.6 is 7.60 Å². The highest BCUT2D eigenvalue weighted by atomic mass is 31.2. The lowest BCUT2D eigenvalue weighted by molar-refractivity contribution is 0.138. The molecule has 4 nitrogen and oxygen atoms in total. The Kier molecular flexibility index (Phi) is 5.80. The van der Waals surface area contributed by atoms with Crippen LogP contribution in [-0.2, 0) is 13.6 Å². The summed E-state index contributed by atoms with van der Waals surface area (Å²) in [7, 11) is -3.67. The first-order valence-electron chi connectivity index (χ1n) is 6.26. The number of rotatable bonds is 6. The van der Waals surface area contributed by atoms with Gasteiger partial charge in [-0.25, -0.2) is 0 Å². The molecule has 0 radical (unpaired) electrons. The summed E-state index contributed by atoms with van der Waals surface area (Å²) in [6.07, 6.45) is 0.790. The molecule has 1 aromatic carbocycles. The van der Waals surface area contributed by atoms with E-state index in [2.05, 4.69) is 0 Å². The van der Waals surface area contributed by atoms with Crippen LogP contribution in [0.15, 0.2) is 35.8 Å². The fourth-order valence-corrected chi connectivity index (χ4v) is 3.15. The van der Waals surface area contributed by atoms with E-state index < -0.39 is 7.60 Å². The smallest absolute Gasteiger partial charge is 0.395 e. The zero-order valence-corrected chi connectivity index (χ0v) is 12.6. The first-order chi connectivity index (χ1) is 8.83. The topological polar surface area (TPSA) is 55.8 Å². The minimum atomic E-state index is -3.67. The quantitative estimate of drug-likeness (QED) is 0.613. The second-order valence-corrected chi connectivity index (χ2v) is 6.59. The van der Waals surface area contributed by atoms with Crippen molar-refractivity contribution in [3.05, 3.63) is 41.4 Å². The molecule has 0 fully saturated rings. The summed E-state index contributed by atoms with van der Waals surface area (Å²) in [5.41, 5.74) is 0.362. The van der Waals surface area contributed by atoms with Crippen molar-refractivity contribution >= 4 is 13.7 Å². The van der Waals surface area contributed by atoms with Gasteiger partial charge < -0.3 is 14.2 Å². The maximum atomic E-state index is 12.6. The highest BCUT2D eigenvalue weighted by Crippen LogP contribution is 2.57. The Morgan fingerprint density at radius 3 is 2.00 bits per heavy atom. The molecular weight excluding hydrogens is 263 g/mol. The first-order valence-corrected chi connectivity index (χ1v) is 7.81. The van der Waals surface area contributed by atoms with E-state index in [0.29, 0.717) is 0 Å². The third-order valence-corrected chi connectivity index (χ3v) is 4.16. The summed E-state index contributed by atoms with van der Waals surface area (Å²) < 4.78 is 23.2. The lowest BCUT2D eigenvalue weighted by atomic mass is 10.2. The zero-order valence-electron chi connectivity index (χ0n) is 11.7. The summed E-state index contributed by atoms with van der Waals surface area (Å²) in [5.74, 6) is 0. The Morgan fingerprint density at radius 1 is 1.11 bits per heavy atom. The number of aliphatic hydroxyl groups excluding tert-OH is 1. The van der Waals surface area contributed by atoms with E-state index in [9.17, 15) is 9.67 Å². The molecule has 0 aliphatic carbocycles. The average Bonchev–Trinajstić information content (AvgIpc) is 2.27. The van der Waals surface area contributed by atoms with Crippen molar-refractivity contribution in [1.29, 1.82) is 0 Å². The minimum absolute atomic E-state index is 0.309. The predicted octanol–water partition coefficient (Wildman–Crippen LogP) is 4.59. The van der Waals surface area contributed by atoms with Gasteiger partial charge in [-0.15, -0.1) is 0 Å². The van der Waals surface area contributed by atoms with E-state index in [-0.39, 0.29) is 17.7 Å². The lowest BCUT2D eigenvalue weighted by Gasteiger charge is -2.21. The molecule has 0 heterocycles. The standard InChI is InChI=1S/C14H21O4P/c1-11(2)17-19(16,18-12(3)4)14(15)10-13-8-6-5-7-9-13/h5-12,15H,1-4H3/b14-10+. The van der Waals surface area contributed by atoms with Gasteiger partial charge in [0.2, 0.25) is 5.50 Å². The van der Waals surface area contributed by atoms with Gasteiger partial charge in [0, 0.05) is 0 Å². The van der Waals surface area contributed by atoms with E-state index >= 15 is 0 Å². The molecule has 0 bridgehead atoms. The first kappa shape index (κ1) is 16.0. The van der Waals surface area contributed by atoms with E-state index in [1.54, 1.807) is 39.8 Å². The highest BCUT2D eigenvalue weighted by Gasteiger charge is 2.33.